The maximum atomic E-state index is 12.0. The summed E-state index contributed by atoms with van der Waals surface area (Å²) in [5.41, 5.74) is 0.552. The number of unbranched alkanes of at least 4 members (excludes halogenated alkanes) is 2. The Hall–Kier alpha value is -1.75. The van der Waals surface area contributed by atoms with Crippen molar-refractivity contribution in [2.45, 2.75) is 26.2 Å². The SMILES string of the molecule is CCOc1cc(C(=O)NCCCCCO)ccc1OC. The van der Waals surface area contributed by atoms with Gasteiger partial charge in [-0.25, -0.2) is 0 Å². The number of aliphatic hydroxyl groups excluding tert-OH is 1. The van der Waals surface area contributed by atoms with Crippen LogP contribution in [0.25, 0.3) is 0 Å². The van der Waals surface area contributed by atoms with E-state index in [1.54, 1.807) is 25.3 Å². The lowest BCUT2D eigenvalue weighted by molar-refractivity contribution is 0.0952. The Balaban J connectivity index is 2.57. The number of amides is 1. The Bertz CT molecular complexity index is 420. The van der Waals surface area contributed by atoms with E-state index in [2.05, 4.69) is 5.32 Å². The van der Waals surface area contributed by atoms with Crippen LogP contribution in [0.1, 0.15) is 36.5 Å². The van der Waals surface area contributed by atoms with Crippen molar-refractivity contribution in [2.75, 3.05) is 26.9 Å². The van der Waals surface area contributed by atoms with Gasteiger partial charge in [-0.15, -0.1) is 0 Å². The van der Waals surface area contributed by atoms with E-state index in [0.717, 1.165) is 19.3 Å². The quantitative estimate of drug-likeness (QED) is 0.679. The molecule has 1 rings (SSSR count). The molecule has 0 aliphatic heterocycles. The second kappa shape index (κ2) is 9.20. The van der Waals surface area contributed by atoms with E-state index >= 15 is 0 Å². The normalized spacial score (nSPS) is 10.2. The van der Waals surface area contributed by atoms with Gasteiger partial charge in [-0.1, -0.05) is 0 Å². The molecule has 0 aromatic heterocycles. The van der Waals surface area contributed by atoms with Crippen LogP contribution in [0.2, 0.25) is 0 Å². The molecule has 0 spiro atoms. The Labute approximate surface area is 119 Å². The lowest BCUT2D eigenvalue weighted by atomic mass is 10.2. The standard InChI is InChI=1S/C15H23NO4/c1-3-20-14-11-12(7-8-13(14)19-2)15(18)16-9-5-4-6-10-17/h7-8,11,17H,3-6,9-10H2,1-2H3,(H,16,18). The molecule has 1 amide bonds. The highest BCUT2D eigenvalue weighted by Gasteiger charge is 2.10. The van der Waals surface area contributed by atoms with Gasteiger partial charge >= 0.3 is 0 Å². The van der Waals surface area contributed by atoms with Gasteiger partial charge in [0.05, 0.1) is 13.7 Å². The minimum absolute atomic E-state index is 0.127. The van der Waals surface area contributed by atoms with Crippen LogP contribution in [0.5, 0.6) is 11.5 Å². The van der Waals surface area contributed by atoms with Gasteiger partial charge in [-0.2, -0.15) is 0 Å². The van der Waals surface area contributed by atoms with Crippen LogP contribution in [0, 0.1) is 0 Å². The number of nitrogens with one attached hydrogen (secondary N) is 1. The largest absolute Gasteiger partial charge is 0.493 e. The van der Waals surface area contributed by atoms with Crippen LogP contribution >= 0.6 is 0 Å². The van der Waals surface area contributed by atoms with Crippen molar-refractivity contribution in [1.82, 2.24) is 5.32 Å². The number of hydrogen-bond acceptors (Lipinski definition) is 4. The number of aliphatic hydroxyl groups is 1. The first-order chi connectivity index (χ1) is 9.72. The number of benzene rings is 1. The van der Waals surface area contributed by atoms with E-state index in [1.807, 2.05) is 6.92 Å². The fourth-order valence-electron chi connectivity index (χ4n) is 1.80. The van der Waals surface area contributed by atoms with Crippen molar-refractivity contribution < 1.29 is 19.4 Å². The minimum Gasteiger partial charge on any atom is -0.493 e. The lowest BCUT2D eigenvalue weighted by Gasteiger charge is -2.11. The molecule has 1 aromatic rings. The molecule has 5 heteroatoms. The number of carbonyl (C=O) groups is 1. The summed E-state index contributed by atoms with van der Waals surface area (Å²) in [5, 5.41) is 11.5. The molecule has 2 N–H and O–H groups in total. The highest BCUT2D eigenvalue weighted by molar-refractivity contribution is 5.94. The van der Waals surface area contributed by atoms with Gasteiger partial charge in [0.1, 0.15) is 0 Å². The van der Waals surface area contributed by atoms with Crippen LogP contribution in [0.4, 0.5) is 0 Å². The predicted octanol–water partition coefficient (Wildman–Crippen LogP) is 1.99. The summed E-state index contributed by atoms with van der Waals surface area (Å²) in [5.74, 6) is 1.06. The molecule has 0 aliphatic rings. The van der Waals surface area contributed by atoms with E-state index in [4.69, 9.17) is 14.6 Å². The molecule has 0 saturated heterocycles. The first-order valence-corrected chi connectivity index (χ1v) is 6.92. The summed E-state index contributed by atoms with van der Waals surface area (Å²) < 4.78 is 10.6. The molecule has 0 saturated carbocycles. The van der Waals surface area contributed by atoms with E-state index in [9.17, 15) is 4.79 Å². The maximum absolute atomic E-state index is 12.0. The molecule has 0 fully saturated rings. The molecule has 0 bridgehead atoms. The van der Waals surface area contributed by atoms with Crippen molar-refractivity contribution in [3.05, 3.63) is 23.8 Å². The average Bonchev–Trinajstić information content (AvgIpc) is 2.47. The Morgan fingerprint density at radius 1 is 1.25 bits per heavy atom. The van der Waals surface area contributed by atoms with Crippen LogP contribution < -0.4 is 14.8 Å². The van der Waals surface area contributed by atoms with Gasteiger partial charge in [0, 0.05) is 18.7 Å². The van der Waals surface area contributed by atoms with Gasteiger partial charge in [-0.3, -0.25) is 4.79 Å². The van der Waals surface area contributed by atoms with Crippen LogP contribution in [-0.4, -0.2) is 37.9 Å². The predicted molar refractivity (Wildman–Crippen MR) is 77.4 cm³/mol. The Kier molecular flexibility index (Phi) is 7.50. The third-order valence-electron chi connectivity index (χ3n) is 2.85. The number of rotatable bonds is 9. The molecule has 0 radical (unpaired) electrons. The summed E-state index contributed by atoms with van der Waals surface area (Å²) in [4.78, 5) is 12.0. The fourth-order valence-corrected chi connectivity index (χ4v) is 1.80. The number of ether oxygens (including phenoxy) is 2. The zero-order valence-electron chi connectivity index (χ0n) is 12.1. The summed E-state index contributed by atoms with van der Waals surface area (Å²) in [6, 6.07) is 5.13. The van der Waals surface area contributed by atoms with Crippen LogP contribution in [0.15, 0.2) is 18.2 Å². The van der Waals surface area contributed by atoms with Gasteiger partial charge in [0.25, 0.3) is 5.91 Å². The highest BCUT2D eigenvalue weighted by Crippen LogP contribution is 2.27. The Morgan fingerprint density at radius 3 is 2.70 bits per heavy atom. The molecule has 112 valence electrons. The lowest BCUT2D eigenvalue weighted by Crippen LogP contribution is -2.24. The summed E-state index contributed by atoms with van der Waals surface area (Å²) in [6.45, 7) is 3.20. The zero-order chi connectivity index (χ0) is 14.8. The van der Waals surface area contributed by atoms with E-state index < -0.39 is 0 Å². The second-order valence-corrected chi connectivity index (χ2v) is 4.34. The minimum atomic E-state index is -0.127. The molecular formula is C15H23NO4. The average molecular weight is 281 g/mol. The number of hydrogen-bond donors (Lipinski definition) is 2. The van der Waals surface area contributed by atoms with Gasteiger partial charge < -0.3 is 19.9 Å². The summed E-state index contributed by atoms with van der Waals surface area (Å²) >= 11 is 0. The van der Waals surface area contributed by atoms with Crippen molar-refractivity contribution in [3.63, 3.8) is 0 Å². The fraction of sp³-hybridized carbons (Fsp3) is 0.533. The molecule has 1 aromatic carbocycles. The van der Waals surface area contributed by atoms with E-state index in [1.165, 1.54) is 0 Å². The van der Waals surface area contributed by atoms with Gasteiger partial charge in [-0.05, 0) is 44.4 Å². The van der Waals surface area contributed by atoms with Crippen LogP contribution in [-0.2, 0) is 0 Å². The third-order valence-corrected chi connectivity index (χ3v) is 2.85. The molecule has 5 nitrogen and oxygen atoms in total. The highest BCUT2D eigenvalue weighted by atomic mass is 16.5. The summed E-state index contributed by atoms with van der Waals surface area (Å²) in [6.07, 6.45) is 2.54. The maximum Gasteiger partial charge on any atom is 0.251 e. The molecule has 0 atom stereocenters. The van der Waals surface area contributed by atoms with Gasteiger partial charge in [0.15, 0.2) is 11.5 Å². The molecule has 0 unspecified atom stereocenters. The van der Waals surface area contributed by atoms with E-state index in [0.29, 0.717) is 30.2 Å². The van der Waals surface area contributed by atoms with Crippen molar-refractivity contribution in [3.8, 4) is 11.5 Å². The molecule has 0 heterocycles. The summed E-state index contributed by atoms with van der Waals surface area (Å²) in [7, 11) is 1.57. The smallest absolute Gasteiger partial charge is 0.251 e. The third kappa shape index (κ3) is 5.09. The van der Waals surface area contributed by atoms with Gasteiger partial charge in [0.2, 0.25) is 0 Å². The zero-order valence-corrected chi connectivity index (χ0v) is 12.1. The van der Waals surface area contributed by atoms with Crippen molar-refractivity contribution in [2.24, 2.45) is 0 Å². The second-order valence-electron chi connectivity index (χ2n) is 4.34. The topological polar surface area (TPSA) is 67.8 Å². The first kappa shape index (κ1) is 16.3. The van der Waals surface area contributed by atoms with Crippen molar-refractivity contribution >= 4 is 5.91 Å². The first-order valence-electron chi connectivity index (χ1n) is 6.92. The number of carbonyl (C=O) groups excluding carboxylic acids is 1. The molecule has 20 heavy (non-hydrogen) atoms. The molecular weight excluding hydrogens is 258 g/mol. The Morgan fingerprint density at radius 2 is 2.05 bits per heavy atom. The monoisotopic (exact) mass is 281 g/mol. The molecule has 0 aliphatic carbocycles. The van der Waals surface area contributed by atoms with E-state index in [-0.39, 0.29) is 12.5 Å². The number of methoxy groups -OCH3 is 1. The van der Waals surface area contributed by atoms with Crippen molar-refractivity contribution in [1.29, 1.82) is 0 Å². The van der Waals surface area contributed by atoms with Crippen LogP contribution in [0.3, 0.4) is 0 Å².